The fourth-order valence-electron chi connectivity index (χ4n) is 2.61. The zero-order valence-corrected chi connectivity index (χ0v) is 15.2. The molecule has 0 aromatic heterocycles. The minimum atomic E-state index is -0.981. The molecule has 1 aromatic rings. The topological polar surface area (TPSA) is 100 Å². The maximum Gasteiger partial charge on any atom is 0.302 e. The number of rotatable bonds is 9. The first kappa shape index (κ1) is 21.1. The van der Waals surface area contributed by atoms with Crippen LogP contribution in [0.1, 0.15) is 51.7 Å². The second kappa shape index (κ2) is 10.1. The third kappa shape index (κ3) is 8.11. The summed E-state index contributed by atoms with van der Waals surface area (Å²) in [7, 11) is 0. The molecule has 2 N–H and O–H groups in total. The molecule has 0 saturated heterocycles. The molecule has 0 saturated carbocycles. The van der Waals surface area contributed by atoms with Crippen LogP contribution in [0.15, 0.2) is 18.2 Å². The van der Waals surface area contributed by atoms with Gasteiger partial charge in [0.2, 0.25) is 0 Å². The Labute approximate surface area is 148 Å². The highest BCUT2D eigenvalue weighted by Gasteiger charge is 2.14. The summed E-state index contributed by atoms with van der Waals surface area (Å²) in [6.45, 7) is 6.31. The number of nitrogens with one attached hydrogen (secondary N) is 1. The molecule has 1 unspecified atom stereocenters. The molecule has 0 aliphatic heterocycles. The molecule has 140 valence electrons. The Hall–Kier alpha value is -1.96. The number of hydrogen-bond donors (Lipinski definition) is 2. The molecule has 3 atom stereocenters. The van der Waals surface area contributed by atoms with E-state index < -0.39 is 5.23 Å². The number of hydrogen-bond acceptors (Lipinski definition) is 6. The molecular formula is C18H27NO6. The van der Waals surface area contributed by atoms with Crippen LogP contribution in [-0.2, 0) is 31.9 Å². The van der Waals surface area contributed by atoms with E-state index in [0.717, 1.165) is 5.56 Å². The van der Waals surface area contributed by atoms with Gasteiger partial charge in [0.1, 0.15) is 0 Å². The van der Waals surface area contributed by atoms with Crippen molar-refractivity contribution in [2.45, 2.75) is 65.6 Å². The molecular weight excluding hydrogens is 326 g/mol. The minimum Gasteiger partial charge on any atom is -0.595 e. The van der Waals surface area contributed by atoms with Crippen molar-refractivity contribution in [2.24, 2.45) is 0 Å². The number of ether oxygens (including phenoxy) is 2. The number of aryl methyl sites for hydroxylation is 2. The van der Waals surface area contributed by atoms with Gasteiger partial charge in [-0.15, -0.1) is 0 Å². The van der Waals surface area contributed by atoms with E-state index in [1.165, 1.54) is 13.8 Å². The van der Waals surface area contributed by atoms with Gasteiger partial charge in [0.25, 0.3) is 0 Å². The first-order valence-electron chi connectivity index (χ1n) is 8.38. The number of esters is 2. The zero-order chi connectivity index (χ0) is 19.0. The van der Waals surface area contributed by atoms with Crippen molar-refractivity contribution >= 4 is 17.6 Å². The van der Waals surface area contributed by atoms with Crippen molar-refractivity contribution in [1.82, 2.24) is 0 Å². The average Bonchev–Trinajstić information content (AvgIpc) is 2.49. The van der Waals surface area contributed by atoms with E-state index in [0.29, 0.717) is 31.2 Å². The number of quaternary nitrogens is 1. The van der Waals surface area contributed by atoms with Crippen molar-refractivity contribution in [3.8, 4) is 0 Å². The quantitative estimate of drug-likeness (QED) is 0.519. The van der Waals surface area contributed by atoms with Crippen LogP contribution in [0.25, 0.3) is 0 Å². The normalized spacial score (nSPS) is 14.5. The Bertz CT molecular complexity index is 587. The van der Waals surface area contributed by atoms with E-state index in [-0.39, 0.29) is 29.8 Å². The molecule has 0 heterocycles. The Kier molecular flexibility index (Phi) is 8.54. The highest BCUT2D eigenvalue weighted by Crippen LogP contribution is 2.19. The van der Waals surface area contributed by atoms with Gasteiger partial charge in [-0.05, 0) is 45.1 Å². The standard InChI is InChI=1S/C18H27NO6/c1-12(24-14(3)20)5-7-16-8-10-17(18(11-16)19(22)23)9-6-13(2)25-15(4)21/h8,10-13,19,22H,5-7,9H2,1-4H3/t12-,13+/m0/s1. The average molecular weight is 353 g/mol. The molecule has 0 radical (unpaired) electrons. The van der Waals surface area contributed by atoms with Gasteiger partial charge in [-0.2, -0.15) is 5.23 Å². The smallest absolute Gasteiger partial charge is 0.302 e. The summed E-state index contributed by atoms with van der Waals surface area (Å²) in [5.41, 5.74) is 1.85. The van der Waals surface area contributed by atoms with Gasteiger partial charge in [-0.3, -0.25) is 9.59 Å². The molecule has 7 heteroatoms. The van der Waals surface area contributed by atoms with Gasteiger partial charge in [0, 0.05) is 25.5 Å². The third-order valence-corrected chi connectivity index (χ3v) is 3.80. The van der Waals surface area contributed by atoms with Crippen molar-refractivity contribution in [3.05, 3.63) is 34.5 Å². The lowest BCUT2D eigenvalue weighted by Gasteiger charge is -2.19. The van der Waals surface area contributed by atoms with Gasteiger partial charge >= 0.3 is 11.9 Å². The maximum absolute atomic E-state index is 11.5. The van der Waals surface area contributed by atoms with Gasteiger partial charge in [-0.25, -0.2) is 5.21 Å². The van der Waals surface area contributed by atoms with Crippen molar-refractivity contribution in [1.29, 1.82) is 0 Å². The minimum absolute atomic E-state index is 0.213. The third-order valence-electron chi connectivity index (χ3n) is 3.80. The van der Waals surface area contributed by atoms with Gasteiger partial charge in [-0.1, -0.05) is 12.1 Å². The summed E-state index contributed by atoms with van der Waals surface area (Å²) in [4.78, 5) is 21.8. The molecule has 0 amide bonds. The van der Waals surface area contributed by atoms with Gasteiger partial charge < -0.3 is 14.7 Å². The molecule has 0 bridgehead atoms. The van der Waals surface area contributed by atoms with E-state index in [1.54, 1.807) is 19.1 Å². The fourth-order valence-corrected chi connectivity index (χ4v) is 2.61. The molecule has 25 heavy (non-hydrogen) atoms. The Balaban J connectivity index is 2.72. The highest BCUT2D eigenvalue weighted by molar-refractivity contribution is 5.66. The van der Waals surface area contributed by atoms with Crippen molar-refractivity contribution < 1.29 is 29.5 Å². The van der Waals surface area contributed by atoms with Crippen LogP contribution in [0, 0.1) is 5.21 Å². The van der Waals surface area contributed by atoms with E-state index in [1.807, 2.05) is 13.0 Å². The van der Waals surface area contributed by atoms with Crippen LogP contribution in [0.4, 0.5) is 5.69 Å². The van der Waals surface area contributed by atoms with Crippen molar-refractivity contribution in [2.75, 3.05) is 0 Å². The summed E-state index contributed by atoms with van der Waals surface area (Å²) in [6.07, 6.45) is 1.85. The number of carbonyl (C=O) groups is 2. The molecule has 0 fully saturated rings. The lowest BCUT2D eigenvalue weighted by Crippen LogP contribution is -2.99. The fraction of sp³-hybridized carbons (Fsp3) is 0.556. The van der Waals surface area contributed by atoms with Gasteiger partial charge in [0.15, 0.2) is 5.69 Å². The number of carbonyl (C=O) groups excluding carboxylic acids is 2. The molecule has 1 rings (SSSR count). The summed E-state index contributed by atoms with van der Waals surface area (Å²) in [5.74, 6) is -0.667. The first-order chi connectivity index (χ1) is 11.7. The summed E-state index contributed by atoms with van der Waals surface area (Å²) in [6, 6.07) is 5.35. The first-order valence-corrected chi connectivity index (χ1v) is 8.38. The summed E-state index contributed by atoms with van der Waals surface area (Å²) < 4.78 is 10.1. The molecule has 0 aliphatic rings. The van der Waals surface area contributed by atoms with Crippen LogP contribution >= 0.6 is 0 Å². The molecule has 1 aromatic carbocycles. The van der Waals surface area contributed by atoms with Crippen LogP contribution < -0.4 is 5.23 Å². The maximum atomic E-state index is 11.5. The van der Waals surface area contributed by atoms with Gasteiger partial charge in [0.05, 0.1) is 12.2 Å². The SMILES string of the molecule is CC(=O)O[C@H](C)CCc1ccc(CC[C@H](C)OC(C)=O)cc1[NH+]([O-])O. The molecule has 0 aliphatic carbocycles. The summed E-state index contributed by atoms with van der Waals surface area (Å²) >= 11 is 0. The second-order valence-corrected chi connectivity index (χ2v) is 6.21. The van der Waals surface area contributed by atoms with Crippen LogP contribution in [-0.4, -0.2) is 29.4 Å². The largest absolute Gasteiger partial charge is 0.595 e. The molecule has 7 nitrogen and oxygen atoms in total. The monoisotopic (exact) mass is 353 g/mol. The number of benzene rings is 1. The second-order valence-electron chi connectivity index (χ2n) is 6.21. The zero-order valence-electron chi connectivity index (χ0n) is 15.2. The molecule has 0 spiro atoms. The predicted molar refractivity (Wildman–Crippen MR) is 91.3 cm³/mol. The lowest BCUT2D eigenvalue weighted by atomic mass is 10.00. The van der Waals surface area contributed by atoms with E-state index in [2.05, 4.69) is 0 Å². The predicted octanol–water partition coefficient (Wildman–Crippen LogP) is 1.86. The summed E-state index contributed by atoms with van der Waals surface area (Å²) in [5, 5.41) is 20.0. The highest BCUT2D eigenvalue weighted by atomic mass is 16.8. The Morgan fingerprint density at radius 3 is 2.08 bits per heavy atom. The van der Waals surface area contributed by atoms with Crippen LogP contribution in [0.3, 0.4) is 0 Å². The van der Waals surface area contributed by atoms with Crippen LogP contribution in [0.5, 0.6) is 0 Å². The van der Waals surface area contributed by atoms with Crippen LogP contribution in [0.2, 0.25) is 0 Å². The van der Waals surface area contributed by atoms with E-state index in [9.17, 15) is 20.0 Å². The lowest BCUT2D eigenvalue weighted by molar-refractivity contribution is -0.991. The Morgan fingerprint density at radius 1 is 1.08 bits per heavy atom. The Morgan fingerprint density at radius 2 is 1.60 bits per heavy atom. The van der Waals surface area contributed by atoms with Crippen molar-refractivity contribution in [3.63, 3.8) is 0 Å². The van der Waals surface area contributed by atoms with E-state index in [4.69, 9.17) is 9.47 Å². The van der Waals surface area contributed by atoms with E-state index >= 15 is 0 Å².